The first-order valence-corrected chi connectivity index (χ1v) is 14.7. The van der Waals surface area contributed by atoms with Gasteiger partial charge in [0.05, 0.1) is 11.3 Å². The molecule has 3 N–H and O–H groups in total. The number of nitrogens with one attached hydrogen (secondary N) is 2. The molecular formula is C30H25ClN4O5S. The third-order valence-corrected chi connectivity index (χ3v) is 8.44. The molecule has 11 heteroatoms. The lowest BCUT2D eigenvalue weighted by molar-refractivity contribution is -0.138. The van der Waals surface area contributed by atoms with Crippen LogP contribution in [0.25, 0.3) is 10.9 Å². The normalized spacial score (nSPS) is 18.8. The molecule has 0 radical (unpaired) electrons. The van der Waals surface area contributed by atoms with Gasteiger partial charge in [-0.3, -0.25) is 14.5 Å². The molecule has 208 valence electrons. The number of carbonyl (C=O) groups is 4. The summed E-state index contributed by atoms with van der Waals surface area (Å²) in [6, 6.07) is 18.1. The second kappa shape index (κ2) is 10.6. The van der Waals surface area contributed by atoms with Gasteiger partial charge in [0.2, 0.25) is 0 Å². The Morgan fingerprint density at radius 1 is 1.10 bits per heavy atom. The zero-order chi connectivity index (χ0) is 28.8. The van der Waals surface area contributed by atoms with Crippen molar-refractivity contribution < 1.29 is 24.3 Å². The minimum absolute atomic E-state index is 0.0321. The van der Waals surface area contributed by atoms with Gasteiger partial charge in [-0.25, -0.2) is 14.5 Å². The number of nitrogens with zero attached hydrogens (tertiary/aromatic N) is 2. The van der Waals surface area contributed by atoms with Crippen molar-refractivity contribution in [3.8, 4) is 0 Å². The molecule has 0 bridgehead atoms. The van der Waals surface area contributed by atoms with Gasteiger partial charge in [-0.15, -0.1) is 0 Å². The van der Waals surface area contributed by atoms with Gasteiger partial charge in [0.1, 0.15) is 18.1 Å². The molecule has 0 saturated carbocycles. The summed E-state index contributed by atoms with van der Waals surface area (Å²) in [5, 5.41) is 13.5. The number of urea groups is 1. The fourth-order valence-corrected chi connectivity index (χ4v) is 6.52. The third kappa shape index (κ3) is 4.53. The number of halogens is 1. The maximum absolute atomic E-state index is 14.2. The van der Waals surface area contributed by atoms with Gasteiger partial charge < -0.3 is 15.4 Å². The number of imide groups is 1. The van der Waals surface area contributed by atoms with Crippen LogP contribution >= 0.6 is 23.4 Å². The molecule has 1 saturated heterocycles. The van der Waals surface area contributed by atoms with Crippen LogP contribution in [0.15, 0.2) is 72.8 Å². The van der Waals surface area contributed by atoms with Gasteiger partial charge in [-0.2, -0.15) is 11.8 Å². The number of carboxylic acids is 1. The van der Waals surface area contributed by atoms with E-state index in [9.17, 15) is 24.3 Å². The number of hydrogen-bond acceptors (Lipinski definition) is 5. The molecule has 9 nitrogen and oxygen atoms in total. The molecule has 0 spiro atoms. The van der Waals surface area contributed by atoms with E-state index in [0.29, 0.717) is 11.4 Å². The predicted octanol–water partition coefficient (Wildman–Crippen LogP) is 4.85. The van der Waals surface area contributed by atoms with Gasteiger partial charge in [0.15, 0.2) is 0 Å². The lowest BCUT2D eigenvalue weighted by Crippen LogP contribution is -2.44. The second-order valence-corrected chi connectivity index (χ2v) is 11.3. The largest absolute Gasteiger partial charge is 0.480 e. The summed E-state index contributed by atoms with van der Waals surface area (Å²) < 4.78 is 0. The SMILES string of the molecule is CSCC(NC(=O)c1ccccc1N1C(=O)C2Cc3c([nH]c4ccccc34)C(c3cccc(Cl)c3)N2C1=O)C(=O)O. The molecule has 2 aliphatic heterocycles. The monoisotopic (exact) mass is 588 g/mol. The highest BCUT2D eigenvalue weighted by atomic mass is 35.5. The van der Waals surface area contributed by atoms with Crippen LogP contribution in [0.1, 0.15) is 33.2 Å². The molecule has 1 aromatic heterocycles. The highest BCUT2D eigenvalue weighted by molar-refractivity contribution is 7.98. The number of aliphatic carboxylic acids is 1. The van der Waals surface area contributed by atoms with E-state index in [1.807, 2.05) is 30.3 Å². The summed E-state index contributed by atoms with van der Waals surface area (Å²) in [6.07, 6.45) is 2.03. The highest BCUT2D eigenvalue weighted by Crippen LogP contribution is 2.45. The Bertz CT molecular complexity index is 1720. The molecule has 6 rings (SSSR count). The van der Waals surface area contributed by atoms with Crippen LogP contribution in [0.5, 0.6) is 0 Å². The summed E-state index contributed by atoms with van der Waals surface area (Å²) in [5.41, 5.74) is 3.53. The van der Waals surface area contributed by atoms with Crippen molar-refractivity contribution in [1.82, 2.24) is 15.2 Å². The number of para-hydroxylation sites is 2. The summed E-state index contributed by atoms with van der Waals surface area (Å²) in [6.45, 7) is 0. The minimum atomic E-state index is -1.17. The number of fused-ring (bicyclic) bond motifs is 4. The van der Waals surface area contributed by atoms with Crippen LogP contribution in [0.4, 0.5) is 10.5 Å². The van der Waals surface area contributed by atoms with Crippen LogP contribution in [-0.2, 0) is 16.0 Å². The van der Waals surface area contributed by atoms with Crippen molar-refractivity contribution in [2.45, 2.75) is 24.5 Å². The fourth-order valence-electron chi connectivity index (χ4n) is 5.76. The summed E-state index contributed by atoms with van der Waals surface area (Å²) in [7, 11) is 0. The van der Waals surface area contributed by atoms with E-state index in [0.717, 1.165) is 32.6 Å². The summed E-state index contributed by atoms with van der Waals surface area (Å²) in [4.78, 5) is 59.3. The molecule has 4 amide bonds. The lowest BCUT2D eigenvalue weighted by atomic mass is 9.89. The number of anilines is 1. The smallest absolute Gasteiger partial charge is 0.332 e. The molecule has 3 unspecified atom stereocenters. The standard InChI is InChI=1S/C30H25ClN4O5S/c1-41-15-22(29(38)39)33-27(36)19-10-3-5-12-23(19)35-28(37)24-14-20-18-9-2-4-11-21(18)32-25(20)26(34(24)30(35)40)16-7-6-8-17(31)13-16/h2-13,22,24,26,32H,14-15H2,1H3,(H,33,36)(H,38,39). The molecule has 3 heterocycles. The number of carbonyl (C=O) groups excluding carboxylic acids is 3. The molecule has 41 heavy (non-hydrogen) atoms. The second-order valence-electron chi connectivity index (χ2n) is 9.94. The number of rotatable bonds is 7. The Hall–Kier alpha value is -4.28. The Kier molecular flexibility index (Phi) is 6.96. The highest BCUT2D eigenvalue weighted by Gasteiger charge is 2.53. The van der Waals surface area contributed by atoms with Gasteiger partial charge in [-0.1, -0.05) is 54.1 Å². The number of amides is 4. The first kappa shape index (κ1) is 26.9. The first-order chi connectivity index (χ1) is 19.8. The molecule has 2 aliphatic rings. The van der Waals surface area contributed by atoms with Crippen LogP contribution in [-0.4, -0.2) is 62.9 Å². The quantitative estimate of drug-likeness (QED) is 0.265. The third-order valence-electron chi connectivity index (χ3n) is 7.54. The average molecular weight is 589 g/mol. The van der Waals surface area contributed by atoms with Gasteiger partial charge in [0, 0.05) is 33.8 Å². The van der Waals surface area contributed by atoms with E-state index in [4.69, 9.17) is 11.6 Å². The fraction of sp³-hybridized carbons (Fsp3) is 0.200. The Morgan fingerprint density at radius 2 is 1.85 bits per heavy atom. The van der Waals surface area contributed by atoms with Crippen molar-refractivity contribution >= 4 is 63.8 Å². The van der Waals surface area contributed by atoms with Crippen molar-refractivity contribution in [3.05, 3.63) is 100 Å². The molecule has 3 aromatic carbocycles. The van der Waals surface area contributed by atoms with E-state index < -0.39 is 41.9 Å². The summed E-state index contributed by atoms with van der Waals surface area (Å²) >= 11 is 7.65. The van der Waals surface area contributed by atoms with E-state index in [2.05, 4.69) is 10.3 Å². The van der Waals surface area contributed by atoms with Crippen LogP contribution in [0, 0.1) is 0 Å². The van der Waals surface area contributed by atoms with Crippen LogP contribution in [0.2, 0.25) is 5.02 Å². The Morgan fingerprint density at radius 3 is 2.61 bits per heavy atom. The number of aromatic amines is 1. The molecule has 3 atom stereocenters. The summed E-state index contributed by atoms with van der Waals surface area (Å²) in [5.74, 6) is -2.16. The zero-order valence-electron chi connectivity index (χ0n) is 21.8. The molecular weight excluding hydrogens is 564 g/mol. The topological polar surface area (TPSA) is 123 Å². The maximum atomic E-state index is 14.2. The van der Waals surface area contributed by atoms with Crippen molar-refractivity contribution in [1.29, 1.82) is 0 Å². The zero-order valence-corrected chi connectivity index (χ0v) is 23.4. The number of carboxylic acid groups (broad SMARTS) is 1. The van der Waals surface area contributed by atoms with Crippen molar-refractivity contribution in [3.63, 3.8) is 0 Å². The minimum Gasteiger partial charge on any atom is -0.480 e. The molecule has 1 fully saturated rings. The van der Waals surface area contributed by atoms with Crippen molar-refractivity contribution in [2.24, 2.45) is 0 Å². The van der Waals surface area contributed by atoms with Crippen molar-refractivity contribution in [2.75, 3.05) is 16.9 Å². The number of H-pyrrole nitrogens is 1. The van der Waals surface area contributed by atoms with Gasteiger partial charge >= 0.3 is 12.0 Å². The van der Waals surface area contributed by atoms with Gasteiger partial charge in [0.25, 0.3) is 11.8 Å². The van der Waals surface area contributed by atoms with Gasteiger partial charge in [-0.05, 0) is 47.7 Å². The number of aromatic nitrogens is 1. The van der Waals surface area contributed by atoms with Crippen LogP contribution < -0.4 is 10.2 Å². The first-order valence-electron chi connectivity index (χ1n) is 12.9. The number of hydrogen-bond donors (Lipinski definition) is 3. The average Bonchev–Trinajstić information content (AvgIpc) is 3.45. The van der Waals surface area contributed by atoms with E-state index in [1.54, 1.807) is 41.5 Å². The Labute approximate surface area is 244 Å². The van der Waals surface area contributed by atoms with E-state index in [-0.39, 0.29) is 17.0 Å². The van der Waals surface area contributed by atoms with Crippen LogP contribution in [0.3, 0.4) is 0 Å². The molecule has 4 aromatic rings. The maximum Gasteiger partial charge on any atom is 0.332 e. The Balaban J connectivity index is 1.44. The predicted molar refractivity (Wildman–Crippen MR) is 158 cm³/mol. The van der Waals surface area contributed by atoms with E-state index in [1.165, 1.54) is 23.9 Å². The lowest BCUT2D eigenvalue weighted by Gasteiger charge is -2.36. The molecule has 0 aliphatic carbocycles. The number of thioether (sulfide) groups is 1. The number of benzene rings is 3. The van der Waals surface area contributed by atoms with E-state index >= 15 is 0 Å².